The maximum absolute atomic E-state index is 13.2. The normalized spacial score (nSPS) is 14.2. The van der Waals surface area contributed by atoms with Gasteiger partial charge in [-0.2, -0.15) is 0 Å². The van der Waals surface area contributed by atoms with Crippen LogP contribution in [0.2, 0.25) is 0 Å². The summed E-state index contributed by atoms with van der Waals surface area (Å²) in [7, 11) is -2.59. The van der Waals surface area contributed by atoms with Gasteiger partial charge in [-0.15, -0.1) is 0 Å². The Morgan fingerprint density at radius 3 is 2.55 bits per heavy atom. The minimum absolute atomic E-state index is 0.109. The quantitative estimate of drug-likeness (QED) is 0.569. The topological polar surface area (TPSA) is 67.5 Å². The van der Waals surface area contributed by atoms with Crippen molar-refractivity contribution in [3.63, 3.8) is 0 Å². The van der Waals surface area contributed by atoms with Crippen molar-refractivity contribution in [3.05, 3.63) is 24.3 Å². The first-order chi connectivity index (χ1) is 9.55. The van der Waals surface area contributed by atoms with E-state index >= 15 is 0 Å². The number of hydrogen-bond acceptors (Lipinski definition) is 3. The average molecular weight is 297 g/mol. The zero-order valence-corrected chi connectivity index (χ0v) is 13.6. The van der Waals surface area contributed by atoms with Crippen LogP contribution in [0.5, 0.6) is 0 Å². The molecule has 0 fully saturated rings. The molecule has 20 heavy (non-hydrogen) atoms. The molecule has 0 spiro atoms. The zero-order chi connectivity index (χ0) is 15.0. The van der Waals surface area contributed by atoms with Gasteiger partial charge in [0.25, 0.3) is 0 Å². The molecular weight excluding hydrogens is 270 g/mol. The summed E-state index contributed by atoms with van der Waals surface area (Å²) in [5, 5.41) is 0. The Hall–Kier alpha value is -1.07. The molecule has 3 N–H and O–H groups in total. The molecule has 1 atom stereocenters. The third kappa shape index (κ3) is 4.80. The van der Waals surface area contributed by atoms with Crippen molar-refractivity contribution < 1.29 is 4.21 Å². The lowest BCUT2D eigenvalue weighted by Crippen LogP contribution is -2.26. The summed E-state index contributed by atoms with van der Waals surface area (Å²) in [5.41, 5.74) is 6.43. The fourth-order valence-corrected chi connectivity index (χ4v) is 3.96. The van der Waals surface area contributed by atoms with Gasteiger partial charge < -0.3 is 5.73 Å². The van der Waals surface area contributed by atoms with Crippen LogP contribution in [0.1, 0.15) is 46.5 Å². The molecule has 1 unspecified atom stereocenters. The monoisotopic (exact) mass is 297 g/mol. The zero-order valence-electron chi connectivity index (χ0n) is 12.8. The van der Waals surface area contributed by atoms with E-state index in [2.05, 4.69) is 29.9 Å². The van der Waals surface area contributed by atoms with Gasteiger partial charge in [0.1, 0.15) is 9.92 Å². The van der Waals surface area contributed by atoms with E-state index in [9.17, 15) is 4.21 Å². The fourth-order valence-electron chi connectivity index (χ4n) is 1.90. The molecule has 114 valence electrons. The van der Waals surface area contributed by atoms with Crippen molar-refractivity contribution in [2.45, 2.75) is 57.4 Å². The maximum Gasteiger partial charge on any atom is 0.137 e. The number of nitrogen functional groups attached to an aromatic ring is 1. The van der Waals surface area contributed by atoms with Gasteiger partial charge >= 0.3 is 0 Å². The fraction of sp³-hybridized carbons (Fsp3) is 0.600. The molecule has 0 saturated heterocycles. The second-order valence-electron chi connectivity index (χ2n) is 4.92. The van der Waals surface area contributed by atoms with E-state index in [1.165, 1.54) is 0 Å². The van der Waals surface area contributed by atoms with E-state index in [-0.39, 0.29) is 6.04 Å². The molecule has 0 aliphatic rings. The Morgan fingerprint density at radius 1 is 1.30 bits per heavy atom. The highest BCUT2D eigenvalue weighted by Crippen LogP contribution is 2.18. The Balaban J connectivity index is 3.16. The first kappa shape index (κ1) is 17.0. The van der Waals surface area contributed by atoms with Gasteiger partial charge in [0.05, 0.1) is 10.9 Å². The molecule has 1 aromatic rings. The van der Waals surface area contributed by atoms with Crippen LogP contribution < -0.4 is 10.5 Å². The predicted molar refractivity (Wildman–Crippen MR) is 87.0 cm³/mol. The van der Waals surface area contributed by atoms with Crippen molar-refractivity contribution in [3.8, 4) is 0 Å². The highest BCUT2D eigenvalue weighted by Gasteiger charge is 2.14. The summed E-state index contributed by atoms with van der Waals surface area (Å²) < 4.78 is 20.9. The van der Waals surface area contributed by atoms with Crippen LogP contribution in [0.4, 0.5) is 5.69 Å². The van der Waals surface area contributed by atoms with E-state index < -0.39 is 9.92 Å². The van der Waals surface area contributed by atoms with E-state index in [1.54, 1.807) is 12.1 Å². The lowest BCUT2D eigenvalue weighted by Gasteiger charge is -2.16. The lowest BCUT2D eigenvalue weighted by atomic mass is 10.2. The number of unbranched alkanes of at least 4 members (excludes halogenated alkanes) is 1. The van der Waals surface area contributed by atoms with Crippen molar-refractivity contribution in [2.75, 3.05) is 12.3 Å². The Kier molecular flexibility index (Phi) is 7.02. The molecule has 0 aromatic heterocycles. The highest BCUT2D eigenvalue weighted by molar-refractivity contribution is 7.91. The summed E-state index contributed by atoms with van der Waals surface area (Å²) >= 11 is 0. The maximum atomic E-state index is 13.2. The van der Waals surface area contributed by atoms with Gasteiger partial charge in [-0.1, -0.05) is 33.3 Å². The third-order valence-corrected chi connectivity index (χ3v) is 5.33. The molecular formula is C15H27N3OS. The summed E-state index contributed by atoms with van der Waals surface area (Å²) in [6.07, 6.45) is 3.83. The van der Waals surface area contributed by atoms with Crippen molar-refractivity contribution in [1.82, 2.24) is 4.72 Å². The van der Waals surface area contributed by atoms with E-state index in [1.807, 2.05) is 12.1 Å². The summed E-state index contributed by atoms with van der Waals surface area (Å²) in [5.74, 6) is 0. The van der Waals surface area contributed by atoms with Gasteiger partial charge in [0.2, 0.25) is 0 Å². The molecule has 4 nitrogen and oxygen atoms in total. The number of hydrogen-bond donors (Lipinski definition) is 2. The minimum Gasteiger partial charge on any atom is -0.399 e. The number of anilines is 1. The molecule has 1 aromatic carbocycles. The largest absolute Gasteiger partial charge is 0.399 e. The Labute approximate surface area is 123 Å². The molecule has 0 radical (unpaired) electrons. The van der Waals surface area contributed by atoms with Crippen molar-refractivity contribution in [2.24, 2.45) is 4.36 Å². The average Bonchev–Trinajstić information content (AvgIpc) is 2.45. The molecule has 5 heteroatoms. The SMILES string of the molecule is CCCCNS(=O)(=NC(CC)CC)c1cccc(N)c1. The van der Waals surface area contributed by atoms with Gasteiger partial charge in [0.15, 0.2) is 0 Å². The number of nitrogens with two attached hydrogens (primary N) is 1. The smallest absolute Gasteiger partial charge is 0.137 e. The van der Waals surface area contributed by atoms with Gasteiger partial charge in [-0.05, 0) is 37.5 Å². The highest BCUT2D eigenvalue weighted by atomic mass is 32.2. The molecule has 1 rings (SSSR count). The third-order valence-electron chi connectivity index (χ3n) is 3.25. The van der Waals surface area contributed by atoms with Crippen LogP contribution in [0.25, 0.3) is 0 Å². The molecule has 0 heterocycles. The van der Waals surface area contributed by atoms with Crippen LogP contribution in [0.15, 0.2) is 33.5 Å². The minimum atomic E-state index is -2.59. The summed E-state index contributed by atoms with van der Waals surface area (Å²) in [4.78, 5) is 0.681. The molecule has 0 aliphatic heterocycles. The first-order valence-corrected chi connectivity index (χ1v) is 8.93. The first-order valence-electron chi connectivity index (χ1n) is 7.42. The molecule has 0 aliphatic carbocycles. The summed E-state index contributed by atoms with van der Waals surface area (Å²) in [6, 6.07) is 7.33. The Morgan fingerprint density at radius 2 is 2.00 bits per heavy atom. The number of benzene rings is 1. The van der Waals surface area contributed by atoms with Crippen LogP contribution in [-0.2, 0) is 9.92 Å². The van der Waals surface area contributed by atoms with Crippen molar-refractivity contribution in [1.29, 1.82) is 0 Å². The predicted octanol–water partition coefficient (Wildman–Crippen LogP) is 3.59. The van der Waals surface area contributed by atoms with Gasteiger partial charge in [-0.25, -0.2) is 13.3 Å². The van der Waals surface area contributed by atoms with Crippen LogP contribution in [0, 0.1) is 0 Å². The number of nitrogens with zero attached hydrogens (tertiary/aromatic N) is 1. The lowest BCUT2D eigenvalue weighted by molar-refractivity contribution is 0.613. The molecule has 0 bridgehead atoms. The Bertz CT molecular complexity index is 518. The van der Waals surface area contributed by atoms with Gasteiger partial charge in [-0.3, -0.25) is 0 Å². The standard InChI is InChI=1S/C15H27N3OS/c1-4-7-11-17-20(19,18-14(5-2)6-3)15-10-8-9-13(16)12-15/h8-10,12,14H,4-7,11,16H2,1-3H3,(H,17,18,19). The second-order valence-corrected chi connectivity index (χ2v) is 6.94. The van der Waals surface area contributed by atoms with E-state index in [0.717, 1.165) is 25.7 Å². The van der Waals surface area contributed by atoms with Gasteiger partial charge in [0, 0.05) is 12.2 Å². The number of rotatable bonds is 8. The van der Waals surface area contributed by atoms with Crippen molar-refractivity contribution >= 4 is 15.6 Å². The van der Waals surface area contributed by atoms with Crippen LogP contribution in [0.3, 0.4) is 0 Å². The summed E-state index contributed by atoms with van der Waals surface area (Å²) in [6.45, 7) is 6.96. The van der Waals surface area contributed by atoms with Crippen LogP contribution >= 0.6 is 0 Å². The van der Waals surface area contributed by atoms with Crippen LogP contribution in [-0.4, -0.2) is 16.8 Å². The second kappa shape index (κ2) is 8.27. The number of nitrogens with one attached hydrogen (secondary N) is 1. The molecule has 0 amide bonds. The van der Waals surface area contributed by atoms with E-state index in [0.29, 0.717) is 17.1 Å². The van der Waals surface area contributed by atoms with E-state index in [4.69, 9.17) is 5.73 Å². The molecule has 0 saturated carbocycles.